The summed E-state index contributed by atoms with van der Waals surface area (Å²) in [5.74, 6) is 3.25. The number of nitrogens with one attached hydrogen (secondary N) is 1. The van der Waals surface area contributed by atoms with Crippen LogP contribution >= 0.6 is 0 Å². The van der Waals surface area contributed by atoms with E-state index in [1.54, 1.807) is 0 Å². The number of nitrogens with zero attached hydrogens (tertiary/aromatic N) is 4. The fourth-order valence-electron chi connectivity index (χ4n) is 2.04. The summed E-state index contributed by atoms with van der Waals surface area (Å²) in [5, 5.41) is 7.48. The van der Waals surface area contributed by atoms with Crippen LogP contribution < -0.4 is 5.32 Å². The molecule has 0 spiro atoms. The van der Waals surface area contributed by atoms with Crippen LogP contribution in [-0.4, -0.2) is 26.8 Å². The summed E-state index contributed by atoms with van der Waals surface area (Å²) < 4.78 is 1.83. The minimum atomic E-state index is 0.535. The third kappa shape index (κ3) is 1.85. The van der Waals surface area contributed by atoms with Gasteiger partial charge >= 0.3 is 0 Å². The van der Waals surface area contributed by atoms with Crippen molar-refractivity contribution in [1.82, 2.24) is 19.7 Å². The largest absolute Gasteiger partial charge is 0.373 e. The molecule has 1 aliphatic carbocycles. The van der Waals surface area contributed by atoms with Gasteiger partial charge in [0.2, 0.25) is 0 Å². The summed E-state index contributed by atoms with van der Waals surface area (Å²) >= 11 is 0. The van der Waals surface area contributed by atoms with E-state index >= 15 is 0 Å². The molecule has 0 radical (unpaired) electrons. The minimum Gasteiger partial charge on any atom is -0.373 e. The van der Waals surface area contributed by atoms with Gasteiger partial charge in [-0.1, -0.05) is 0 Å². The maximum absolute atomic E-state index is 4.68. The van der Waals surface area contributed by atoms with Crippen LogP contribution in [0.5, 0.6) is 0 Å². The van der Waals surface area contributed by atoms with Crippen LogP contribution in [0, 0.1) is 13.8 Å². The van der Waals surface area contributed by atoms with E-state index in [-0.39, 0.29) is 0 Å². The minimum absolute atomic E-state index is 0.535. The molecule has 2 aromatic heterocycles. The molecule has 0 bridgehead atoms. The fourth-order valence-corrected chi connectivity index (χ4v) is 2.04. The molecule has 1 saturated carbocycles. The summed E-state index contributed by atoms with van der Waals surface area (Å²) in [4.78, 5) is 9.26. The van der Waals surface area contributed by atoms with Crippen LogP contribution in [-0.2, 0) is 0 Å². The van der Waals surface area contributed by atoms with Gasteiger partial charge in [-0.3, -0.25) is 0 Å². The third-order valence-corrected chi connectivity index (χ3v) is 3.25. The van der Waals surface area contributed by atoms with E-state index < -0.39 is 0 Å². The highest BCUT2D eigenvalue weighted by Gasteiger charge is 2.28. The molecule has 1 N–H and O–H groups in total. The normalized spacial score (nSPS) is 14.8. The van der Waals surface area contributed by atoms with Crippen LogP contribution in [0.1, 0.15) is 35.7 Å². The van der Waals surface area contributed by atoms with Crippen LogP contribution in [0.4, 0.5) is 5.82 Å². The second-order valence-electron chi connectivity index (χ2n) is 4.87. The van der Waals surface area contributed by atoms with Crippen molar-refractivity contribution >= 4 is 5.82 Å². The van der Waals surface area contributed by atoms with Crippen molar-refractivity contribution < 1.29 is 0 Å². The standard InChI is InChI=1S/C13H17N5/c1-8-6-15-18(7-8)13-9(2)11(14-3)16-12(17-13)10-4-5-10/h6-7,10H,4-5H2,1-3H3,(H,14,16,17). The smallest absolute Gasteiger partial charge is 0.162 e. The van der Waals surface area contributed by atoms with E-state index in [4.69, 9.17) is 0 Å². The van der Waals surface area contributed by atoms with Crippen molar-refractivity contribution in [2.75, 3.05) is 12.4 Å². The first-order chi connectivity index (χ1) is 8.69. The first kappa shape index (κ1) is 11.2. The zero-order valence-electron chi connectivity index (χ0n) is 10.9. The molecular weight excluding hydrogens is 226 g/mol. The number of hydrogen-bond acceptors (Lipinski definition) is 4. The third-order valence-electron chi connectivity index (χ3n) is 3.25. The van der Waals surface area contributed by atoms with E-state index in [0.717, 1.165) is 28.6 Å². The maximum atomic E-state index is 4.68. The van der Waals surface area contributed by atoms with Crippen molar-refractivity contribution in [3.05, 3.63) is 29.3 Å². The summed E-state index contributed by atoms with van der Waals surface area (Å²) in [6.45, 7) is 4.05. The van der Waals surface area contributed by atoms with Crippen molar-refractivity contribution in [3.8, 4) is 5.82 Å². The van der Waals surface area contributed by atoms with Gasteiger partial charge in [0.1, 0.15) is 11.6 Å². The van der Waals surface area contributed by atoms with Gasteiger partial charge in [-0.2, -0.15) is 5.10 Å². The highest BCUT2D eigenvalue weighted by molar-refractivity contribution is 5.51. The van der Waals surface area contributed by atoms with Crippen molar-refractivity contribution in [2.45, 2.75) is 32.6 Å². The Hall–Kier alpha value is -1.91. The van der Waals surface area contributed by atoms with Crippen molar-refractivity contribution in [3.63, 3.8) is 0 Å². The molecule has 1 aliphatic rings. The zero-order chi connectivity index (χ0) is 12.7. The zero-order valence-corrected chi connectivity index (χ0v) is 10.9. The van der Waals surface area contributed by atoms with E-state index in [2.05, 4.69) is 20.4 Å². The Morgan fingerprint density at radius 3 is 2.61 bits per heavy atom. The molecule has 18 heavy (non-hydrogen) atoms. The average Bonchev–Trinajstić information content (AvgIpc) is 3.12. The molecular formula is C13H17N5. The number of aryl methyl sites for hydroxylation is 1. The summed E-state index contributed by atoms with van der Waals surface area (Å²) in [5.41, 5.74) is 2.16. The summed E-state index contributed by atoms with van der Waals surface area (Å²) in [6, 6.07) is 0. The van der Waals surface area contributed by atoms with Crippen molar-refractivity contribution in [2.24, 2.45) is 0 Å². The van der Waals surface area contributed by atoms with Gasteiger partial charge < -0.3 is 5.32 Å². The van der Waals surface area contributed by atoms with Gasteiger partial charge in [0.05, 0.1) is 6.20 Å². The topological polar surface area (TPSA) is 55.6 Å². The first-order valence-corrected chi connectivity index (χ1v) is 6.27. The van der Waals surface area contributed by atoms with E-state index in [1.807, 2.05) is 38.0 Å². The second-order valence-corrected chi connectivity index (χ2v) is 4.87. The molecule has 3 rings (SSSR count). The first-order valence-electron chi connectivity index (χ1n) is 6.27. The molecule has 2 heterocycles. The average molecular weight is 243 g/mol. The monoisotopic (exact) mass is 243 g/mol. The lowest BCUT2D eigenvalue weighted by Gasteiger charge is -2.11. The number of hydrogen-bond donors (Lipinski definition) is 1. The maximum Gasteiger partial charge on any atom is 0.162 e. The van der Waals surface area contributed by atoms with Crippen LogP contribution in [0.15, 0.2) is 12.4 Å². The molecule has 0 aliphatic heterocycles. The molecule has 0 amide bonds. The van der Waals surface area contributed by atoms with Gasteiger partial charge in [-0.05, 0) is 32.3 Å². The number of aromatic nitrogens is 4. The predicted molar refractivity (Wildman–Crippen MR) is 70.1 cm³/mol. The summed E-state index contributed by atoms with van der Waals surface area (Å²) in [7, 11) is 1.89. The second kappa shape index (κ2) is 4.08. The van der Waals surface area contributed by atoms with Gasteiger partial charge in [0.25, 0.3) is 0 Å². The van der Waals surface area contributed by atoms with E-state index in [9.17, 15) is 0 Å². The highest BCUT2D eigenvalue weighted by Crippen LogP contribution is 2.39. The molecule has 0 atom stereocenters. The SMILES string of the molecule is CNc1nc(C2CC2)nc(-n2cc(C)cn2)c1C. The Bertz CT molecular complexity index is 583. The molecule has 0 unspecified atom stereocenters. The Labute approximate surface area is 106 Å². The Morgan fingerprint density at radius 2 is 2.06 bits per heavy atom. The van der Waals surface area contributed by atoms with Crippen molar-refractivity contribution in [1.29, 1.82) is 0 Å². The van der Waals surface area contributed by atoms with Gasteiger partial charge in [0.15, 0.2) is 5.82 Å². The molecule has 1 fully saturated rings. The van der Waals surface area contributed by atoms with Crippen LogP contribution in [0.2, 0.25) is 0 Å². The summed E-state index contributed by atoms with van der Waals surface area (Å²) in [6.07, 6.45) is 6.23. The lowest BCUT2D eigenvalue weighted by molar-refractivity contribution is 0.801. The van der Waals surface area contributed by atoms with Gasteiger partial charge in [0, 0.05) is 24.7 Å². The molecule has 0 aromatic carbocycles. The van der Waals surface area contributed by atoms with Crippen LogP contribution in [0.3, 0.4) is 0 Å². The molecule has 5 nitrogen and oxygen atoms in total. The highest BCUT2D eigenvalue weighted by atomic mass is 15.3. The molecule has 5 heteroatoms. The van der Waals surface area contributed by atoms with E-state index in [1.165, 1.54) is 12.8 Å². The molecule has 0 saturated heterocycles. The predicted octanol–water partition coefficient (Wildman–Crippen LogP) is 2.20. The molecule has 2 aromatic rings. The quantitative estimate of drug-likeness (QED) is 0.898. The Kier molecular flexibility index (Phi) is 2.54. The van der Waals surface area contributed by atoms with Gasteiger partial charge in [-0.25, -0.2) is 14.6 Å². The van der Waals surface area contributed by atoms with Crippen LogP contribution in [0.25, 0.3) is 5.82 Å². The Balaban J connectivity index is 2.14. The van der Waals surface area contributed by atoms with E-state index in [0.29, 0.717) is 5.92 Å². The lowest BCUT2D eigenvalue weighted by atomic mass is 10.3. The lowest BCUT2D eigenvalue weighted by Crippen LogP contribution is -2.09. The van der Waals surface area contributed by atoms with Gasteiger partial charge in [-0.15, -0.1) is 0 Å². The number of anilines is 1. The fraction of sp³-hybridized carbons (Fsp3) is 0.462. The molecule has 94 valence electrons. The Morgan fingerprint density at radius 1 is 1.28 bits per heavy atom. The number of rotatable bonds is 3.